The van der Waals surface area contributed by atoms with E-state index in [1.165, 1.54) is 45.2 Å². The molecule has 1 heterocycles. The summed E-state index contributed by atoms with van der Waals surface area (Å²) in [5, 5.41) is 6.79. The summed E-state index contributed by atoms with van der Waals surface area (Å²) in [5.41, 5.74) is 0.117. The van der Waals surface area contributed by atoms with Gasteiger partial charge in [-0.3, -0.25) is 4.99 Å². The monoisotopic (exact) mass is 340 g/mol. The number of hydrogen-bond donors (Lipinski definition) is 2. The second kappa shape index (κ2) is 10.9. The van der Waals surface area contributed by atoms with Crippen LogP contribution in [-0.4, -0.2) is 63.3 Å². The molecule has 0 spiro atoms. The molecule has 0 aromatic rings. The van der Waals surface area contributed by atoms with Crippen molar-refractivity contribution in [1.29, 1.82) is 0 Å². The van der Waals surface area contributed by atoms with E-state index in [4.69, 9.17) is 4.74 Å². The molecule has 0 aliphatic carbocycles. The van der Waals surface area contributed by atoms with E-state index in [9.17, 15) is 0 Å². The van der Waals surface area contributed by atoms with Gasteiger partial charge in [0.05, 0.1) is 6.10 Å². The molecular weight excluding hydrogens is 300 g/mol. The Kier molecular flexibility index (Phi) is 9.67. The minimum Gasteiger partial charge on any atom is -0.379 e. The highest BCUT2D eigenvalue weighted by atomic mass is 16.5. The van der Waals surface area contributed by atoms with Crippen molar-refractivity contribution in [2.75, 3.05) is 40.3 Å². The summed E-state index contributed by atoms with van der Waals surface area (Å²) in [6, 6.07) is 0.768. The largest absolute Gasteiger partial charge is 0.379 e. The van der Waals surface area contributed by atoms with E-state index >= 15 is 0 Å². The number of nitrogens with one attached hydrogen (secondary N) is 2. The molecule has 5 heteroatoms. The van der Waals surface area contributed by atoms with Gasteiger partial charge in [0, 0.05) is 33.3 Å². The van der Waals surface area contributed by atoms with Crippen molar-refractivity contribution in [3.05, 3.63) is 0 Å². The Morgan fingerprint density at radius 3 is 2.58 bits per heavy atom. The smallest absolute Gasteiger partial charge is 0.191 e. The number of nitrogens with zero attached hydrogens (tertiary/aromatic N) is 2. The fraction of sp³-hybridized carbons (Fsp3) is 0.947. The first-order valence-electron chi connectivity index (χ1n) is 9.60. The minimum absolute atomic E-state index is 0.117. The molecule has 0 aromatic heterocycles. The maximum absolute atomic E-state index is 5.58. The highest BCUT2D eigenvalue weighted by molar-refractivity contribution is 5.79. The first-order valence-corrected chi connectivity index (χ1v) is 9.60. The molecule has 1 aliphatic rings. The Labute approximate surface area is 149 Å². The molecule has 0 radical (unpaired) electrons. The molecule has 1 rings (SSSR count). The van der Waals surface area contributed by atoms with Crippen molar-refractivity contribution < 1.29 is 4.74 Å². The molecule has 2 N–H and O–H groups in total. The highest BCUT2D eigenvalue weighted by Crippen LogP contribution is 2.20. The van der Waals surface area contributed by atoms with Crippen LogP contribution in [0.25, 0.3) is 0 Å². The van der Waals surface area contributed by atoms with Gasteiger partial charge in [0.25, 0.3) is 0 Å². The summed E-state index contributed by atoms with van der Waals surface area (Å²) in [6.07, 6.45) is 6.72. The number of hydrogen-bond acceptors (Lipinski definition) is 3. The van der Waals surface area contributed by atoms with Gasteiger partial charge in [-0.1, -0.05) is 27.2 Å². The third kappa shape index (κ3) is 7.84. The van der Waals surface area contributed by atoms with Crippen LogP contribution in [0.2, 0.25) is 0 Å². The van der Waals surface area contributed by atoms with Gasteiger partial charge in [-0.15, -0.1) is 0 Å². The fourth-order valence-electron chi connectivity index (χ4n) is 3.29. The topological polar surface area (TPSA) is 48.9 Å². The van der Waals surface area contributed by atoms with E-state index in [-0.39, 0.29) is 11.5 Å². The van der Waals surface area contributed by atoms with Crippen molar-refractivity contribution in [2.24, 2.45) is 10.4 Å². The van der Waals surface area contributed by atoms with Crippen LogP contribution in [0.3, 0.4) is 0 Å². The first-order chi connectivity index (χ1) is 11.4. The van der Waals surface area contributed by atoms with Crippen LogP contribution in [0.15, 0.2) is 4.99 Å². The van der Waals surface area contributed by atoms with E-state index in [1.807, 2.05) is 7.05 Å². The molecule has 1 aliphatic heterocycles. The van der Waals surface area contributed by atoms with Crippen LogP contribution in [0, 0.1) is 5.41 Å². The number of methoxy groups -OCH3 is 1. The zero-order chi connectivity index (χ0) is 18.0. The van der Waals surface area contributed by atoms with E-state index in [2.05, 4.69) is 48.2 Å². The average Bonchev–Trinajstić information content (AvgIpc) is 2.53. The Morgan fingerprint density at radius 1 is 1.25 bits per heavy atom. The van der Waals surface area contributed by atoms with E-state index in [0.29, 0.717) is 0 Å². The quantitative estimate of drug-likeness (QED) is 0.405. The molecular formula is C19H40N4O. The highest BCUT2D eigenvalue weighted by Gasteiger charge is 2.24. The van der Waals surface area contributed by atoms with Gasteiger partial charge in [-0.05, 0) is 51.1 Å². The molecule has 0 saturated carbocycles. The van der Waals surface area contributed by atoms with Gasteiger partial charge < -0.3 is 20.3 Å². The molecule has 2 atom stereocenters. The third-order valence-corrected chi connectivity index (χ3v) is 5.03. The molecule has 142 valence electrons. The van der Waals surface area contributed by atoms with Gasteiger partial charge in [0.15, 0.2) is 5.96 Å². The molecule has 2 unspecified atom stereocenters. The Morgan fingerprint density at radius 2 is 2.00 bits per heavy atom. The van der Waals surface area contributed by atoms with Crippen LogP contribution in [-0.2, 0) is 4.74 Å². The Hall–Kier alpha value is -0.810. The van der Waals surface area contributed by atoms with Crippen LogP contribution < -0.4 is 10.6 Å². The lowest BCUT2D eigenvalue weighted by Gasteiger charge is -2.33. The van der Waals surface area contributed by atoms with Gasteiger partial charge in [0.2, 0.25) is 0 Å². The number of piperidine rings is 1. The molecule has 1 saturated heterocycles. The second-order valence-corrected chi connectivity index (χ2v) is 8.06. The lowest BCUT2D eigenvalue weighted by molar-refractivity contribution is 0.0205. The summed E-state index contributed by atoms with van der Waals surface area (Å²) in [4.78, 5) is 6.95. The molecule has 5 nitrogen and oxygen atoms in total. The zero-order valence-electron chi connectivity index (χ0n) is 16.8. The number of guanidine groups is 1. The van der Waals surface area contributed by atoms with Gasteiger partial charge in [-0.2, -0.15) is 0 Å². The summed E-state index contributed by atoms with van der Waals surface area (Å²) >= 11 is 0. The van der Waals surface area contributed by atoms with Gasteiger partial charge in [-0.25, -0.2) is 0 Å². The van der Waals surface area contributed by atoms with Crippen LogP contribution >= 0.6 is 0 Å². The number of likely N-dealkylation sites (tertiary alicyclic amines) is 1. The minimum atomic E-state index is 0.117. The summed E-state index contributed by atoms with van der Waals surface area (Å²) in [5.74, 6) is 0.868. The number of aliphatic imine (C=N–C) groups is 1. The maximum atomic E-state index is 5.58. The van der Waals surface area contributed by atoms with E-state index in [0.717, 1.165) is 25.1 Å². The van der Waals surface area contributed by atoms with Crippen molar-refractivity contribution in [1.82, 2.24) is 15.5 Å². The summed E-state index contributed by atoms with van der Waals surface area (Å²) in [7, 11) is 3.60. The lowest BCUT2D eigenvalue weighted by atomic mass is 9.89. The zero-order valence-corrected chi connectivity index (χ0v) is 16.8. The van der Waals surface area contributed by atoms with Gasteiger partial charge >= 0.3 is 0 Å². The van der Waals surface area contributed by atoms with Crippen LogP contribution in [0.5, 0.6) is 0 Å². The predicted molar refractivity (Wildman–Crippen MR) is 104 cm³/mol. The van der Waals surface area contributed by atoms with E-state index in [1.54, 1.807) is 7.11 Å². The molecule has 0 bridgehead atoms. The van der Waals surface area contributed by atoms with Crippen LogP contribution in [0.4, 0.5) is 0 Å². The number of rotatable bonds is 8. The number of ether oxygens (including phenoxy) is 1. The number of unbranched alkanes of at least 4 members (excludes halogenated alkanes) is 1. The molecule has 24 heavy (non-hydrogen) atoms. The van der Waals surface area contributed by atoms with Crippen molar-refractivity contribution >= 4 is 5.96 Å². The predicted octanol–water partition coefficient (Wildman–Crippen LogP) is 2.87. The Bertz CT molecular complexity index is 365. The van der Waals surface area contributed by atoms with Crippen molar-refractivity contribution in [2.45, 2.75) is 71.9 Å². The normalized spacial score (nSPS) is 21.6. The van der Waals surface area contributed by atoms with Crippen molar-refractivity contribution in [3.63, 3.8) is 0 Å². The van der Waals surface area contributed by atoms with Crippen LogP contribution in [0.1, 0.15) is 59.8 Å². The van der Waals surface area contributed by atoms with Gasteiger partial charge in [0.1, 0.15) is 0 Å². The maximum Gasteiger partial charge on any atom is 0.191 e. The average molecular weight is 341 g/mol. The second-order valence-electron chi connectivity index (χ2n) is 8.06. The first kappa shape index (κ1) is 21.2. The molecule has 0 amide bonds. The molecule has 0 aromatic carbocycles. The standard InChI is InChI=1S/C19H40N4O/c1-16-11-7-9-13-23(16)14-10-8-12-21-18(20-5)22-15-17(24-6)19(2,3)4/h16-17H,7-15H2,1-6H3,(H2,20,21,22). The third-order valence-electron chi connectivity index (χ3n) is 5.03. The lowest BCUT2D eigenvalue weighted by Crippen LogP contribution is -2.45. The Balaban J connectivity index is 2.18. The van der Waals surface area contributed by atoms with Crippen molar-refractivity contribution in [3.8, 4) is 0 Å². The SMILES string of the molecule is CN=C(NCCCCN1CCCCC1C)NCC(OC)C(C)(C)C. The fourth-order valence-corrected chi connectivity index (χ4v) is 3.29. The van der Waals surface area contributed by atoms with E-state index < -0.39 is 0 Å². The summed E-state index contributed by atoms with van der Waals surface area (Å²) < 4.78 is 5.58. The summed E-state index contributed by atoms with van der Waals surface area (Å²) in [6.45, 7) is 13.2. The molecule has 1 fully saturated rings.